The van der Waals surface area contributed by atoms with Crippen LogP contribution in [0.25, 0.3) is 0 Å². The first-order chi connectivity index (χ1) is 31.2. The average molecular weight is 957 g/mol. The Morgan fingerprint density at radius 1 is 0.642 bits per heavy atom. The Labute approximate surface area is 391 Å². The molecule has 0 aromatic carbocycles. The number of carbonyl (C=O) groups is 2. The zero-order chi connectivity index (χ0) is 49.1. The predicted octanol–water partition coefficient (Wildman–Crippen LogP) is 0.233. The fourth-order valence-electron chi connectivity index (χ4n) is 15.0. The van der Waals surface area contributed by atoms with Gasteiger partial charge in [-0.2, -0.15) is 0 Å². The molecular formula is C48H76O19. The van der Waals surface area contributed by atoms with E-state index in [1.54, 1.807) is 0 Å². The fourth-order valence-corrected chi connectivity index (χ4v) is 15.0. The van der Waals surface area contributed by atoms with Crippen molar-refractivity contribution in [2.24, 2.45) is 50.2 Å². The third-order valence-electron chi connectivity index (χ3n) is 19.3. The van der Waals surface area contributed by atoms with E-state index in [0.717, 1.165) is 38.5 Å². The molecule has 23 atom stereocenters. The number of allylic oxidation sites excluding steroid dienone is 2. The molecule has 5 aliphatic carbocycles. The van der Waals surface area contributed by atoms with E-state index in [4.69, 9.17) is 28.4 Å². The Kier molecular flexibility index (Phi) is 13.8. The van der Waals surface area contributed by atoms with Crippen LogP contribution < -0.4 is 0 Å². The number of esters is 1. The molecule has 3 heterocycles. The highest BCUT2D eigenvalue weighted by Crippen LogP contribution is 2.76. The first kappa shape index (κ1) is 51.4. The Bertz CT molecular complexity index is 1870. The maximum absolute atomic E-state index is 14.7. The van der Waals surface area contributed by atoms with Crippen LogP contribution >= 0.6 is 0 Å². The van der Waals surface area contributed by atoms with Gasteiger partial charge in [0.2, 0.25) is 6.29 Å². The monoisotopic (exact) mass is 956 g/mol. The number of hydrogen-bond donors (Lipinski definition) is 11. The number of carbonyl (C=O) groups excluding carboxylic acids is 1. The van der Waals surface area contributed by atoms with Crippen LogP contribution in [-0.4, -0.2) is 180 Å². The summed E-state index contributed by atoms with van der Waals surface area (Å²) in [6.07, 6.45) is -16.4. The zero-order valence-corrected chi connectivity index (χ0v) is 39.7. The summed E-state index contributed by atoms with van der Waals surface area (Å²) in [6.45, 7) is 14.4. The minimum Gasteiger partial charge on any atom is -0.479 e. The number of aliphatic carboxylic acids is 1. The number of ether oxygens (including phenoxy) is 6. The molecule has 3 saturated heterocycles. The van der Waals surface area contributed by atoms with Crippen molar-refractivity contribution >= 4 is 11.9 Å². The summed E-state index contributed by atoms with van der Waals surface area (Å²) in [7, 11) is 0. The third-order valence-corrected chi connectivity index (χ3v) is 19.3. The van der Waals surface area contributed by atoms with Crippen LogP contribution in [0.5, 0.6) is 0 Å². The number of carboxylic acid groups (broad SMARTS) is 1. The van der Waals surface area contributed by atoms with Gasteiger partial charge in [0.15, 0.2) is 18.7 Å². The van der Waals surface area contributed by atoms with Gasteiger partial charge in [0.05, 0.1) is 24.7 Å². The molecular weight excluding hydrogens is 881 g/mol. The lowest BCUT2D eigenvalue weighted by atomic mass is 9.33. The molecule has 7 fully saturated rings. The molecule has 382 valence electrons. The van der Waals surface area contributed by atoms with Gasteiger partial charge in [0, 0.05) is 0 Å². The molecule has 0 amide bonds. The summed E-state index contributed by atoms with van der Waals surface area (Å²) in [5, 5.41) is 115. The maximum atomic E-state index is 14.7. The molecule has 0 bridgehead atoms. The predicted molar refractivity (Wildman–Crippen MR) is 231 cm³/mol. The van der Waals surface area contributed by atoms with E-state index >= 15 is 0 Å². The van der Waals surface area contributed by atoms with Crippen molar-refractivity contribution in [1.82, 2.24) is 0 Å². The van der Waals surface area contributed by atoms with Crippen molar-refractivity contribution in [2.75, 3.05) is 13.2 Å². The molecule has 19 heteroatoms. The van der Waals surface area contributed by atoms with E-state index in [-0.39, 0.29) is 39.4 Å². The largest absolute Gasteiger partial charge is 0.479 e. The topological polar surface area (TPSA) is 312 Å². The molecule has 11 N–H and O–H groups in total. The van der Waals surface area contributed by atoms with Crippen LogP contribution in [0, 0.1) is 50.2 Å². The highest BCUT2D eigenvalue weighted by molar-refractivity contribution is 5.79. The van der Waals surface area contributed by atoms with E-state index < -0.39 is 134 Å². The number of rotatable bonds is 9. The highest BCUT2D eigenvalue weighted by Gasteiger charge is 2.70. The lowest BCUT2D eigenvalue weighted by Crippen LogP contribution is -2.67. The Morgan fingerprint density at radius 2 is 1.24 bits per heavy atom. The molecule has 8 aliphatic rings. The fraction of sp³-hybridized carbons (Fsp3) is 0.917. The van der Waals surface area contributed by atoms with Crippen LogP contribution in [0.3, 0.4) is 0 Å². The van der Waals surface area contributed by atoms with Gasteiger partial charge in [-0.1, -0.05) is 60.1 Å². The smallest absolute Gasteiger partial charge is 0.335 e. The van der Waals surface area contributed by atoms with E-state index in [9.17, 15) is 65.8 Å². The lowest BCUT2D eigenvalue weighted by molar-refractivity contribution is -0.374. The van der Waals surface area contributed by atoms with E-state index in [1.165, 1.54) is 5.57 Å². The van der Waals surface area contributed by atoms with Gasteiger partial charge in [-0.15, -0.1) is 0 Å². The molecule has 67 heavy (non-hydrogen) atoms. The van der Waals surface area contributed by atoms with E-state index in [2.05, 4.69) is 54.5 Å². The first-order valence-corrected chi connectivity index (χ1v) is 24.3. The van der Waals surface area contributed by atoms with Crippen LogP contribution in [0.4, 0.5) is 0 Å². The second-order valence-corrected chi connectivity index (χ2v) is 23.5. The molecule has 0 radical (unpaired) electrons. The third kappa shape index (κ3) is 8.06. The molecule has 8 rings (SSSR count). The van der Waals surface area contributed by atoms with Gasteiger partial charge in [-0.05, 0) is 109 Å². The van der Waals surface area contributed by atoms with Crippen molar-refractivity contribution in [1.29, 1.82) is 0 Å². The molecule has 0 unspecified atom stereocenters. The lowest BCUT2D eigenvalue weighted by Gasteiger charge is -2.71. The van der Waals surface area contributed by atoms with Crippen LogP contribution in [0.1, 0.15) is 113 Å². The summed E-state index contributed by atoms with van der Waals surface area (Å²) in [6, 6.07) is 0. The summed E-state index contributed by atoms with van der Waals surface area (Å²) in [5.41, 5.74) is -1.05. The second kappa shape index (κ2) is 18.0. The van der Waals surface area contributed by atoms with Crippen molar-refractivity contribution < 1.29 is 94.2 Å². The Balaban J connectivity index is 1.05. The van der Waals surface area contributed by atoms with Crippen molar-refractivity contribution in [3.63, 3.8) is 0 Å². The van der Waals surface area contributed by atoms with Gasteiger partial charge in [0.1, 0.15) is 67.1 Å². The van der Waals surface area contributed by atoms with E-state index in [0.29, 0.717) is 25.7 Å². The minimum atomic E-state index is -1.98. The molecule has 0 aromatic heterocycles. The quantitative estimate of drug-likeness (QED) is 0.0838. The number of hydrogen-bond acceptors (Lipinski definition) is 18. The van der Waals surface area contributed by atoms with E-state index in [1.807, 2.05) is 0 Å². The van der Waals surface area contributed by atoms with Crippen LogP contribution in [0.2, 0.25) is 0 Å². The number of carboxylic acids is 1. The summed E-state index contributed by atoms with van der Waals surface area (Å²) >= 11 is 0. The minimum absolute atomic E-state index is 0.0828. The molecule has 0 spiro atoms. The molecule has 0 aromatic rings. The normalized spacial score (nSPS) is 52.6. The Hall–Kier alpha value is -1.92. The SMILES string of the molecule is CC1(C)CC[C@]2(C(=O)O[C@@H]3O[C@H](CO)[C@@H](O)[C@H](O)[C@H]3O)CC[C@]3(C)C(=CC[C@@H]4[C@@]5(C)CC[C@H](O[C@@H]6O[C@H](C(=O)O)[C@@H](O)[C@H](O)[C@H]6O[C@@H]6O[C@H](CO)[C@H](O)[C@H](O)[C@H]6O)C(C)(C)[C@@H]5CC[C@]43C)[C@@H]2C1. The summed E-state index contributed by atoms with van der Waals surface area (Å²) in [5.74, 6) is -1.94. The summed E-state index contributed by atoms with van der Waals surface area (Å²) < 4.78 is 35.7. The number of aliphatic hydroxyl groups excluding tert-OH is 10. The molecule has 4 saturated carbocycles. The second-order valence-electron chi connectivity index (χ2n) is 23.5. The number of aliphatic hydroxyl groups is 10. The number of fused-ring (bicyclic) bond motifs is 7. The van der Waals surface area contributed by atoms with Gasteiger partial charge < -0.3 is 84.6 Å². The zero-order valence-electron chi connectivity index (χ0n) is 39.7. The van der Waals surface area contributed by atoms with Crippen LogP contribution in [0.15, 0.2) is 11.6 Å². The molecule has 19 nitrogen and oxygen atoms in total. The molecule has 3 aliphatic heterocycles. The van der Waals surface area contributed by atoms with Gasteiger partial charge in [-0.25, -0.2) is 4.79 Å². The standard InChI is InChI=1S/C48H76O19/c1-43(2)14-16-48(42(61)67-40-35(58)31(54)29(52)24(20-50)63-40)17-15-46(6)21(22(48)18-43)8-9-26-45(5)12-11-27(44(3,4)25(45)10-13-47(26,46)7)64-41-37(33(56)32(55)36(65-41)38(59)60)66-39-34(57)30(53)28(51)23(19-49)62-39/h8,22-37,39-41,49-58H,9-20H2,1-7H3,(H,59,60)/t22-,23+,24+,25-,26+,27-,28-,29+,30-,31-,32-,33-,34+,35+,36-,37+,39-,40-,41+,45-,46+,47+,48-/m0/s1. The Morgan fingerprint density at radius 3 is 1.85 bits per heavy atom. The van der Waals surface area contributed by atoms with Gasteiger partial charge >= 0.3 is 11.9 Å². The highest BCUT2D eigenvalue weighted by atomic mass is 16.8. The maximum Gasteiger partial charge on any atom is 0.335 e. The van der Waals surface area contributed by atoms with Crippen molar-refractivity contribution in [3.05, 3.63) is 11.6 Å². The first-order valence-electron chi connectivity index (χ1n) is 24.3. The average Bonchev–Trinajstić information content (AvgIpc) is 3.26. The summed E-state index contributed by atoms with van der Waals surface area (Å²) in [4.78, 5) is 27.0. The van der Waals surface area contributed by atoms with Crippen molar-refractivity contribution in [2.45, 2.75) is 211 Å². The van der Waals surface area contributed by atoms with Gasteiger partial charge in [-0.3, -0.25) is 4.79 Å². The van der Waals surface area contributed by atoms with Crippen molar-refractivity contribution in [3.8, 4) is 0 Å². The van der Waals surface area contributed by atoms with Crippen LogP contribution in [-0.2, 0) is 38.0 Å². The van der Waals surface area contributed by atoms with Gasteiger partial charge in [0.25, 0.3) is 0 Å².